The molecule has 1 aromatic heterocycles. The van der Waals surface area contributed by atoms with Crippen LogP contribution in [0.4, 0.5) is 13.2 Å². The topological polar surface area (TPSA) is 96.8 Å². The number of nitrogens with one attached hydrogen (secondary N) is 1. The van der Waals surface area contributed by atoms with Crippen molar-refractivity contribution in [2.24, 2.45) is 11.8 Å². The van der Waals surface area contributed by atoms with Crippen LogP contribution in [0, 0.1) is 11.8 Å². The second-order valence-electron chi connectivity index (χ2n) is 10.6. The molecule has 41 heavy (non-hydrogen) atoms. The van der Waals surface area contributed by atoms with Crippen LogP contribution in [0.3, 0.4) is 0 Å². The van der Waals surface area contributed by atoms with Gasteiger partial charge in [-0.05, 0) is 42.9 Å². The molecule has 2 fully saturated rings. The summed E-state index contributed by atoms with van der Waals surface area (Å²) in [4.78, 5) is 44.7. The molecule has 2 amide bonds. The summed E-state index contributed by atoms with van der Waals surface area (Å²) in [7, 11) is 0. The van der Waals surface area contributed by atoms with Crippen LogP contribution in [-0.4, -0.2) is 108 Å². The van der Waals surface area contributed by atoms with Crippen molar-refractivity contribution >= 4 is 40.9 Å². The van der Waals surface area contributed by atoms with Crippen LogP contribution in [0.1, 0.15) is 37.3 Å². The lowest BCUT2D eigenvalue weighted by Crippen LogP contribution is -2.56. The molecule has 2 saturated heterocycles. The second kappa shape index (κ2) is 15.5. The van der Waals surface area contributed by atoms with Crippen LogP contribution in [0.5, 0.6) is 0 Å². The molecule has 1 N–H and O–H groups in total. The summed E-state index contributed by atoms with van der Waals surface area (Å²) in [6, 6.07) is 7.94. The molecule has 2 aromatic rings. The fourth-order valence-corrected chi connectivity index (χ4v) is 5.56. The Morgan fingerprint density at radius 1 is 1.22 bits per heavy atom. The van der Waals surface area contributed by atoms with Crippen LogP contribution < -0.4 is 5.32 Å². The summed E-state index contributed by atoms with van der Waals surface area (Å²) in [5.74, 6) is 1.86. The van der Waals surface area contributed by atoms with Crippen molar-refractivity contribution in [1.82, 2.24) is 24.7 Å². The molecule has 1 aromatic carbocycles. The zero-order chi connectivity index (χ0) is 30.0. The second-order valence-corrected chi connectivity index (χ2v) is 11.6. The number of carbonyl (C=O) groups is 3. The average molecular weight is 600 g/mol. The number of aryl methyl sites for hydroxylation is 1. The van der Waals surface area contributed by atoms with E-state index in [-0.39, 0.29) is 23.8 Å². The van der Waals surface area contributed by atoms with Crippen LogP contribution >= 0.6 is 11.8 Å². The molecule has 2 aliphatic heterocycles. The van der Waals surface area contributed by atoms with Gasteiger partial charge in [0.1, 0.15) is 0 Å². The molecule has 9 nitrogen and oxygen atoms in total. The first-order chi connectivity index (χ1) is 19.6. The van der Waals surface area contributed by atoms with Crippen molar-refractivity contribution in [3.63, 3.8) is 0 Å². The maximum Gasteiger partial charge on any atom is 0.446 e. The number of imidazole rings is 1. The Morgan fingerprint density at radius 2 is 1.90 bits per heavy atom. The Balaban J connectivity index is 0.000000696. The Hall–Kier alpha value is -2.64. The van der Waals surface area contributed by atoms with Gasteiger partial charge in [-0.25, -0.2) is 4.98 Å². The van der Waals surface area contributed by atoms with Gasteiger partial charge < -0.3 is 24.4 Å². The molecule has 3 heterocycles. The summed E-state index contributed by atoms with van der Waals surface area (Å²) in [6.45, 7) is 9.50. The molecule has 0 bridgehead atoms. The summed E-state index contributed by atoms with van der Waals surface area (Å²) in [5, 5.41) is 3.45. The molecule has 4 rings (SSSR count). The highest BCUT2D eigenvalue weighted by atomic mass is 32.2. The normalized spacial score (nSPS) is 19.5. The lowest BCUT2D eigenvalue weighted by atomic mass is 9.92. The summed E-state index contributed by atoms with van der Waals surface area (Å²) in [6.07, 6.45) is -1.94. The molecule has 0 unspecified atom stereocenters. The highest BCUT2D eigenvalue weighted by Gasteiger charge is 2.36. The Morgan fingerprint density at radius 3 is 2.54 bits per heavy atom. The molecular formula is C28H40F3N5O4S. The van der Waals surface area contributed by atoms with E-state index in [4.69, 9.17) is 14.5 Å². The van der Waals surface area contributed by atoms with E-state index in [2.05, 4.69) is 30.0 Å². The maximum absolute atomic E-state index is 14.1. The maximum atomic E-state index is 14.1. The van der Waals surface area contributed by atoms with Gasteiger partial charge in [-0.15, -0.1) is 0 Å². The summed E-state index contributed by atoms with van der Waals surface area (Å²) < 4.78 is 38.8. The van der Waals surface area contributed by atoms with Crippen molar-refractivity contribution < 1.29 is 32.3 Å². The SMILES string of the molecule is CSCCCn1c(C(=O)N(CC(C)C)[C@@H]2CNC[C@H](C(=O)N3CCOCC3)C2)nc2ccccc21.O=CC(F)(F)F. The van der Waals surface area contributed by atoms with Gasteiger partial charge in [0.2, 0.25) is 12.2 Å². The Labute approximate surface area is 243 Å². The van der Waals surface area contributed by atoms with Crippen LogP contribution in [0.2, 0.25) is 0 Å². The predicted molar refractivity (Wildman–Crippen MR) is 153 cm³/mol. The van der Waals surface area contributed by atoms with Crippen molar-refractivity contribution in [2.75, 3.05) is 57.9 Å². The molecule has 2 atom stereocenters. The summed E-state index contributed by atoms with van der Waals surface area (Å²) in [5.41, 5.74) is 1.86. The van der Waals surface area contributed by atoms with Gasteiger partial charge >= 0.3 is 6.18 Å². The van der Waals surface area contributed by atoms with E-state index in [1.807, 2.05) is 45.8 Å². The number of carbonyl (C=O) groups excluding carboxylic acids is 3. The minimum absolute atomic E-state index is 0.0367. The van der Waals surface area contributed by atoms with Crippen molar-refractivity contribution in [1.29, 1.82) is 0 Å². The van der Waals surface area contributed by atoms with E-state index in [1.165, 1.54) is 0 Å². The van der Waals surface area contributed by atoms with E-state index >= 15 is 0 Å². The van der Waals surface area contributed by atoms with Crippen molar-refractivity contribution in [3.05, 3.63) is 30.1 Å². The zero-order valence-corrected chi connectivity index (χ0v) is 24.7. The van der Waals surface area contributed by atoms with Gasteiger partial charge in [-0.1, -0.05) is 26.0 Å². The monoisotopic (exact) mass is 599 g/mol. The third-order valence-electron chi connectivity index (χ3n) is 6.97. The van der Waals surface area contributed by atoms with Crippen molar-refractivity contribution in [2.45, 2.75) is 45.5 Å². The van der Waals surface area contributed by atoms with Gasteiger partial charge in [-0.2, -0.15) is 24.9 Å². The summed E-state index contributed by atoms with van der Waals surface area (Å²) >= 11 is 1.81. The molecule has 0 saturated carbocycles. The Kier molecular flexibility index (Phi) is 12.5. The minimum atomic E-state index is -4.64. The lowest BCUT2D eigenvalue weighted by molar-refractivity contribution is -0.156. The zero-order valence-electron chi connectivity index (χ0n) is 23.9. The molecule has 2 aliphatic rings. The number of para-hydroxylation sites is 2. The number of rotatable bonds is 9. The van der Waals surface area contributed by atoms with E-state index < -0.39 is 12.5 Å². The highest BCUT2D eigenvalue weighted by Crippen LogP contribution is 2.24. The average Bonchev–Trinajstić information content (AvgIpc) is 3.34. The number of hydrogen-bond acceptors (Lipinski definition) is 7. The number of fused-ring (bicyclic) bond motifs is 1. The quantitative estimate of drug-likeness (QED) is 0.348. The number of thioether (sulfide) groups is 1. The number of piperidine rings is 1. The third kappa shape index (κ3) is 9.44. The molecule has 0 radical (unpaired) electrons. The van der Waals surface area contributed by atoms with Gasteiger partial charge in [0, 0.05) is 45.3 Å². The molecule has 0 spiro atoms. The Bertz CT molecular complexity index is 1150. The van der Waals surface area contributed by atoms with Gasteiger partial charge in [-0.3, -0.25) is 14.4 Å². The van der Waals surface area contributed by atoms with Crippen LogP contribution in [-0.2, 0) is 20.9 Å². The van der Waals surface area contributed by atoms with E-state index in [9.17, 15) is 22.8 Å². The third-order valence-corrected chi connectivity index (χ3v) is 7.67. The standard InChI is InChI=1S/C26H39N5O3S.C2HF3O/c1-19(2)18-31(21-15-20(16-27-17-21)25(32)29-10-12-34-13-11-29)26(33)24-28-22-7-4-5-8-23(22)30(24)9-6-14-35-3;3-2(4,5)1-6/h4-5,7-8,19-21,27H,6,9-18H2,1-3H3;1H/t20-,21+;/m1./s1. The lowest BCUT2D eigenvalue weighted by Gasteiger charge is -2.40. The number of ether oxygens (including phenoxy) is 1. The number of nitrogens with zero attached hydrogens (tertiary/aromatic N) is 4. The number of benzene rings is 1. The molecule has 228 valence electrons. The smallest absolute Gasteiger partial charge is 0.378 e. The largest absolute Gasteiger partial charge is 0.446 e. The number of hydrogen-bond donors (Lipinski definition) is 1. The molecule has 0 aliphatic carbocycles. The highest BCUT2D eigenvalue weighted by molar-refractivity contribution is 7.98. The first-order valence-electron chi connectivity index (χ1n) is 13.9. The van der Waals surface area contributed by atoms with Gasteiger partial charge in [0.15, 0.2) is 5.82 Å². The van der Waals surface area contributed by atoms with E-state index in [0.717, 1.165) is 29.8 Å². The number of aromatic nitrogens is 2. The first kappa shape index (κ1) is 32.9. The number of amides is 2. The fraction of sp³-hybridized carbons (Fsp3) is 0.643. The minimum Gasteiger partial charge on any atom is -0.378 e. The molecule has 13 heteroatoms. The molecular weight excluding hydrogens is 559 g/mol. The van der Waals surface area contributed by atoms with Crippen LogP contribution in [0.15, 0.2) is 24.3 Å². The first-order valence-corrected chi connectivity index (χ1v) is 15.3. The predicted octanol–water partition coefficient (Wildman–Crippen LogP) is 3.47. The van der Waals surface area contributed by atoms with Crippen LogP contribution in [0.25, 0.3) is 11.0 Å². The number of aldehydes is 1. The van der Waals surface area contributed by atoms with E-state index in [1.54, 1.807) is 0 Å². The fourth-order valence-electron chi connectivity index (χ4n) is 5.14. The van der Waals surface area contributed by atoms with Gasteiger partial charge in [0.25, 0.3) is 5.91 Å². The number of halogens is 3. The van der Waals surface area contributed by atoms with E-state index in [0.29, 0.717) is 64.1 Å². The number of alkyl halides is 3. The van der Waals surface area contributed by atoms with Crippen molar-refractivity contribution in [3.8, 4) is 0 Å². The number of morpholine rings is 1. The van der Waals surface area contributed by atoms with Gasteiger partial charge in [0.05, 0.1) is 30.2 Å².